The number of hydrogen-bond acceptors (Lipinski definition) is 6. The Morgan fingerprint density at radius 3 is 2.38 bits per heavy atom. The summed E-state index contributed by atoms with van der Waals surface area (Å²) in [5, 5.41) is 6.36. The molecule has 0 atom stereocenters. The van der Waals surface area contributed by atoms with E-state index in [1.54, 1.807) is 19.5 Å². The number of nitrogens with zero attached hydrogens (tertiary/aromatic N) is 4. The van der Waals surface area contributed by atoms with E-state index in [1.807, 2.05) is 42.7 Å². The molecule has 0 spiro atoms. The average Bonchev–Trinajstić information content (AvgIpc) is 3.26. The smallest absolute Gasteiger partial charge is 0.416 e. The Hall–Kier alpha value is -3.82. The zero-order chi connectivity index (χ0) is 24.3. The van der Waals surface area contributed by atoms with Gasteiger partial charge in [0.2, 0.25) is 5.95 Å². The molecule has 4 rings (SSSR count). The summed E-state index contributed by atoms with van der Waals surface area (Å²) < 4.78 is 46.2. The highest BCUT2D eigenvalue weighted by molar-refractivity contribution is 5.84. The first-order chi connectivity index (χ1) is 16.2. The number of imidazole rings is 1. The van der Waals surface area contributed by atoms with E-state index in [0.29, 0.717) is 35.0 Å². The van der Waals surface area contributed by atoms with E-state index in [0.717, 1.165) is 23.4 Å². The third kappa shape index (κ3) is 5.22. The maximum Gasteiger partial charge on any atom is 0.416 e. The minimum atomic E-state index is -4.40. The molecule has 0 radical (unpaired) electrons. The molecule has 7 nitrogen and oxygen atoms in total. The van der Waals surface area contributed by atoms with Gasteiger partial charge in [-0.2, -0.15) is 23.1 Å². The number of benzene rings is 2. The van der Waals surface area contributed by atoms with Crippen molar-refractivity contribution in [1.29, 1.82) is 0 Å². The Labute approximate surface area is 195 Å². The van der Waals surface area contributed by atoms with Crippen molar-refractivity contribution >= 4 is 22.9 Å². The Bertz CT molecular complexity index is 1270. The quantitative estimate of drug-likeness (QED) is 0.346. The Kier molecular flexibility index (Phi) is 6.58. The van der Waals surface area contributed by atoms with Crippen molar-refractivity contribution in [3.63, 3.8) is 0 Å². The van der Waals surface area contributed by atoms with Crippen LogP contribution in [0.5, 0.6) is 5.75 Å². The molecular weight excluding hydrogens is 445 g/mol. The van der Waals surface area contributed by atoms with E-state index in [2.05, 4.69) is 25.6 Å². The lowest BCUT2D eigenvalue weighted by molar-refractivity contribution is -0.137. The van der Waals surface area contributed by atoms with Crippen molar-refractivity contribution in [2.75, 3.05) is 17.7 Å². The van der Waals surface area contributed by atoms with Crippen LogP contribution in [-0.2, 0) is 19.3 Å². The van der Waals surface area contributed by atoms with Crippen molar-refractivity contribution in [1.82, 2.24) is 19.5 Å². The summed E-state index contributed by atoms with van der Waals surface area (Å²) in [5.41, 5.74) is 2.06. The summed E-state index contributed by atoms with van der Waals surface area (Å²) >= 11 is 0. The van der Waals surface area contributed by atoms with E-state index in [-0.39, 0.29) is 12.6 Å². The van der Waals surface area contributed by atoms with Gasteiger partial charge in [0, 0.05) is 19.1 Å². The van der Waals surface area contributed by atoms with Gasteiger partial charge in [0.05, 0.1) is 19.0 Å². The molecule has 0 aliphatic carbocycles. The maximum atomic E-state index is 13.0. The minimum absolute atomic E-state index is 0.116. The summed E-state index contributed by atoms with van der Waals surface area (Å²) in [4.78, 5) is 13.6. The molecule has 2 aromatic carbocycles. The molecule has 0 aliphatic rings. The van der Waals surface area contributed by atoms with Crippen LogP contribution >= 0.6 is 0 Å². The molecule has 2 N–H and O–H groups in total. The molecule has 4 aromatic rings. The lowest BCUT2D eigenvalue weighted by Crippen LogP contribution is -2.10. The fourth-order valence-electron chi connectivity index (χ4n) is 3.46. The van der Waals surface area contributed by atoms with Gasteiger partial charge in [-0.05, 0) is 49.2 Å². The lowest BCUT2D eigenvalue weighted by atomic mass is 10.1. The third-order valence-electron chi connectivity index (χ3n) is 5.30. The molecule has 0 bridgehead atoms. The van der Waals surface area contributed by atoms with E-state index < -0.39 is 11.7 Å². The molecule has 178 valence electrons. The Morgan fingerprint density at radius 2 is 1.71 bits per heavy atom. The number of alkyl halides is 3. The zero-order valence-corrected chi connectivity index (χ0v) is 19.0. The van der Waals surface area contributed by atoms with Gasteiger partial charge in [-0.15, -0.1) is 0 Å². The van der Waals surface area contributed by atoms with Crippen LogP contribution in [0.1, 0.15) is 36.6 Å². The second-order valence-electron chi connectivity index (χ2n) is 8.07. The van der Waals surface area contributed by atoms with Crippen molar-refractivity contribution < 1.29 is 17.9 Å². The van der Waals surface area contributed by atoms with E-state index >= 15 is 0 Å². The number of rotatable bonds is 8. The number of methoxy groups -OCH3 is 1. The highest BCUT2D eigenvalue weighted by atomic mass is 19.4. The molecule has 2 heterocycles. The Morgan fingerprint density at radius 1 is 0.971 bits per heavy atom. The first kappa shape index (κ1) is 23.3. The van der Waals surface area contributed by atoms with Crippen molar-refractivity contribution in [3.05, 3.63) is 71.5 Å². The number of fused-ring (bicyclic) bond motifs is 1. The second kappa shape index (κ2) is 9.58. The average molecular weight is 470 g/mol. The van der Waals surface area contributed by atoms with E-state index in [4.69, 9.17) is 4.74 Å². The van der Waals surface area contributed by atoms with Crippen LogP contribution in [0, 0.1) is 0 Å². The predicted octanol–water partition coefficient (Wildman–Crippen LogP) is 5.66. The number of aromatic nitrogens is 4. The van der Waals surface area contributed by atoms with Crippen LogP contribution in [-0.4, -0.2) is 26.6 Å². The summed E-state index contributed by atoms with van der Waals surface area (Å²) in [6, 6.07) is 13.0. The monoisotopic (exact) mass is 470 g/mol. The largest absolute Gasteiger partial charge is 0.497 e. The number of nitrogens with one attached hydrogen (secondary N) is 2. The van der Waals surface area contributed by atoms with Gasteiger partial charge in [-0.3, -0.25) is 0 Å². The zero-order valence-electron chi connectivity index (χ0n) is 19.0. The summed E-state index contributed by atoms with van der Waals surface area (Å²) in [6.45, 7) is 4.67. The van der Waals surface area contributed by atoms with Crippen molar-refractivity contribution in [2.45, 2.75) is 39.2 Å². The van der Waals surface area contributed by atoms with Crippen LogP contribution < -0.4 is 15.4 Å². The highest BCUT2D eigenvalue weighted by Crippen LogP contribution is 2.30. The van der Waals surface area contributed by atoms with E-state index in [1.165, 1.54) is 6.07 Å². The maximum absolute atomic E-state index is 13.0. The van der Waals surface area contributed by atoms with Crippen LogP contribution in [0.3, 0.4) is 0 Å². The number of ether oxygens (including phenoxy) is 1. The first-order valence-electron chi connectivity index (χ1n) is 10.8. The third-order valence-corrected chi connectivity index (χ3v) is 5.30. The standard InChI is InChI=1S/C24H25F3N6O/c1-15(2)33-14-30-20-21(28-12-16-7-9-19(34-3)10-8-16)31-23(32-22(20)33)29-13-17-5-4-6-18(11-17)24(25,26)27/h4-11,14-15H,12-13H2,1-3H3,(H2,28,29,31,32). The van der Waals surface area contributed by atoms with E-state index in [9.17, 15) is 13.2 Å². The first-order valence-corrected chi connectivity index (χ1v) is 10.8. The fraction of sp³-hybridized carbons (Fsp3) is 0.292. The molecule has 2 aromatic heterocycles. The number of halogens is 3. The number of anilines is 2. The molecule has 10 heteroatoms. The predicted molar refractivity (Wildman–Crippen MR) is 125 cm³/mol. The molecule has 0 aliphatic heterocycles. The van der Waals surface area contributed by atoms with Crippen LogP contribution in [0.4, 0.5) is 24.9 Å². The fourth-order valence-corrected chi connectivity index (χ4v) is 3.46. The van der Waals surface area contributed by atoms with Crippen LogP contribution in [0.25, 0.3) is 11.2 Å². The molecular formula is C24H25F3N6O. The second-order valence-corrected chi connectivity index (χ2v) is 8.07. The minimum Gasteiger partial charge on any atom is -0.497 e. The summed E-state index contributed by atoms with van der Waals surface area (Å²) in [5.74, 6) is 1.60. The van der Waals surface area contributed by atoms with Gasteiger partial charge in [-0.1, -0.05) is 24.3 Å². The van der Waals surface area contributed by atoms with Crippen LogP contribution in [0.15, 0.2) is 54.9 Å². The summed E-state index contributed by atoms with van der Waals surface area (Å²) in [7, 11) is 1.61. The summed E-state index contributed by atoms with van der Waals surface area (Å²) in [6.07, 6.45) is -2.69. The van der Waals surface area contributed by atoms with Gasteiger partial charge in [0.15, 0.2) is 17.0 Å². The highest BCUT2D eigenvalue weighted by Gasteiger charge is 2.30. The van der Waals surface area contributed by atoms with Gasteiger partial charge in [0.25, 0.3) is 0 Å². The van der Waals surface area contributed by atoms with Crippen molar-refractivity contribution in [2.24, 2.45) is 0 Å². The Balaban J connectivity index is 1.59. The molecule has 0 saturated heterocycles. The van der Waals surface area contributed by atoms with Gasteiger partial charge in [-0.25, -0.2) is 4.98 Å². The van der Waals surface area contributed by atoms with Crippen molar-refractivity contribution in [3.8, 4) is 5.75 Å². The lowest BCUT2D eigenvalue weighted by Gasteiger charge is -2.13. The van der Waals surface area contributed by atoms with Gasteiger partial charge in [0.1, 0.15) is 5.75 Å². The SMILES string of the molecule is COc1ccc(CNc2nc(NCc3cccc(C(F)(F)F)c3)nc3c2ncn3C(C)C)cc1. The number of hydrogen-bond donors (Lipinski definition) is 2. The molecule has 34 heavy (non-hydrogen) atoms. The molecule has 0 amide bonds. The van der Waals surface area contributed by atoms with Gasteiger partial charge >= 0.3 is 6.18 Å². The van der Waals surface area contributed by atoms with Crippen LogP contribution in [0.2, 0.25) is 0 Å². The van der Waals surface area contributed by atoms with Gasteiger partial charge < -0.3 is 19.9 Å². The molecule has 0 fully saturated rings. The molecule has 0 saturated carbocycles. The topological polar surface area (TPSA) is 76.9 Å². The molecule has 0 unspecified atom stereocenters. The normalized spacial score (nSPS) is 11.7.